The van der Waals surface area contributed by atoms with Crippen LogP contribution in [0.25, 0.3) is 0 Å². The van der Waals surface area contributed by atoms with Gasteiger partial charge in [-0.3, -0.25) is 4.79 Å². The van der Waals surface area contributed by atoms with Gasteiger partial charge in [-0.15, -0.1) is 0 Å². The second-order valence-corrected chi connectivity index (χ2v) is 4.50. The molecule has 3 nitrogen and oxygen atoms in total. The Morgan fingerprint density at radius 1 is 1.00 bits per heavy atom. The predicted octanol–water partition coefficient (Wildman–Crippen LogP) is 4.69. The maximum Gasteiger partial charge on any atom is 0.259 e. The van der Waals surface area contributed by atoms with Crippen LogP contribution in [0.5, 0.6) is 11.5 Å². The Labute approximate surface area is 119 Å². The molecular weight excluding hydrogens is 250 g/mol. The van der Waals surface area contributed by atoms with Crippen molar-refractivity contribution in [1.82, 2.24) is 0 Å². The molecule has 0 saturated heterocycles. The van der Waals surface area contributed by atoms with E-state index in [2.05, 4.69) is 5.32 Å². The summed E-state index contributed by atoms with van der Waals surface area (Å²) in [5.41, 5.74) is 3.32. The second kappa shape index (κ2) is 5.78. The summed E-state index contributed by atoms with van der Waals surface area (Å²) >= 11 is 0. The first kappa shape index (κ1) is 14.1. The Morgan fingerprint density at radius 2 is 1.75 bits per heavy atom. The molecule has 1 aliphatic rings. The normalized spacial score (nSPS) is 11.9. The minimum absolute atomic E-state index is 0.118. The summed E-state index contributed by atoms with van der Waals surface area (Å²) in [6, 6.07) is 11.4. The molecule has 0 radical (unpaired) electrons. The van der Waals surface area contributed by atoms with Crippen molar-refractivity contribution in [2.75, 3.05) is 5.32 Å². The predicted molar refractivity (Wildman–Crippen MR) is 81.7 cm³/mol. The average Bonchev–Trinajstić information content (AvgIpc) is 2.57. The highest BCUT2D eigenvalue weighted by Crippen LogP contribution is 2.36. The van der Waals surface area contributed by atoms with Crippen molar-refractivity contribution >= 4 is 11.6 Å². The zero-order chi connectivity index (χ0) is 14.7. The third-order valence-electron chi connectivity index (χ3n) is 3.06. The number of ether oxygens (including phenoxy) is 1. The molecule has 2 aromatic carbocycles. The summed E-state index contributed by atoms with van der Waals surface area (Å²) in [5.74, 6) is 1.17. The van der Waals surface area contributed by atoms with E-state index in [0.717, 1.165) is 16.8 Å². The van der Waals surface area contributed by atoms with Gasteiger partial charge in [0, 0.05) is 0 Å². The number of rotatable bonds is 0. The minimum Gasteiger partial charge on any atom is -0.454 e. The van der Waals surface area contributed by atoms with Crippen molar-refractivity contribution in [3.63, 3.8) is 0 Å². The number of aryl methyl sites for hydroxylation is 2. The molecule has 0 saturated carbocycles. The summed E-state index contributed by atoms with van der Waals surface area (Å²) in [6.07, 6.45) is 0. The Kier molecular flexibility index (Phi) is 4.08. The molecule has 0 aliphatic carbocycles. The number of carbonyl (C=O) groups excluding carboxylic acids is 1. The van der Waals surface area contributed by atoms with Crippen molar-refractivity contribution in [2.24, 2.45) is 0 Å². The fraction of sp³-hybridized carbons (Fsp3) is 0.235. The van der Waals surface area contributed by atoms with E-state index >= 15 is 0 Å². The van der Waals surface area contributed by atoms with Crippen LogP contribution in [0, 0.1) is 13.8 Å². The van der Waals surface area contributed by atoms with E-state index in [4.69, 9.17) is 4.74 Å². The maximum atomic E-state index is 12.2. The smallest absolute Gasteiger partial charge is 0.259 e. The van der Waals surface area contributed by atoms with E-state index in [-0.39, 0.29) is 5.91 Å². The van der Waals surface area contributed by atoms with E-state index in [1.807, 2.05) is 64.1 Å². The Morgan fingerprint density at radius 3 is 2.50 bits per heavy atom. The summed E-state index contributed by atoms with van der Waals surface area (Å²) in [4.78, 5) is 12.2. The largest absolute Gasteiger partial charge is 0.454 e. The maximum absolute atomic E-state index is 12.2. The number of amides is 1. The molecule has 0 unspecified atom stereocenters. The molecule has 2 aromatic rings. The molecule has 1 N–H and O–H groups in total. The van der Waals surface area contributed by atoms with Crippen molar-refractivity contribution < 1.29 is 9.53 Å². The van der Waals surface area contributed by atoms with E-state index in [1.54, 1.807) is 0 Å². The van der Waals surface area contributed by atoms with E-state index < -0.39 is 0 Å². The number of carbonyl (C=O) groups is 1. The SMILES string of the molecule is CC.Cc1ccc2c(c1)NC(=O)c1c(C)cccc1O2. The molecule has 3 heteroatoms. The fourth-order valence-electron chi connectivity index (χ4n) is 2.15. The van der Waals surface area contributed by atoms with Crippen LogP contribution >= 0.6 is 0 Å². The summed E-state index contributed by atoms with van der Waals surface area (Å²) in [5, 5.41) is 2.90. The number of anilines is 1. The van der Waals surface area contributed by atoms with Gasteiger partial charge in [-0.2, -0.15) is 0 Å². The lowest BCUT2D eigenvalue weighted by atomic mass is 10.1. The van der Waals surface area contributed by atoms with Crippen molar-refractivity contribution in [3.05, 3.63) is 53.1 Å². The Hall–Kier alpha value is -2.29. The lowest BCUT2D eigenvalue weighted by Gasteiger charge is -2.08. The Balaban J connectivity index is 0.000000704. The highest BCUT2D eigenvalue weighted by molar-refractivity contribution is 6.08. The standard InChI is InChI=1S/C15H13NO2.C2H6/c1-9-6-7-12-11(8-9)16-15(17)14-10(2)4-3-5-13(14)18-12;1-2/h3-8H,1-2H3,(H,16,17);1-2H3. The van der Waals surface area contributed by atoms with Gasteiger partial charge in [0.2, 0.25) is 0 Å². The van der Waals surface area contributed by atoms with Crippen LogP contribution in [0.1, 0.15) is 35.3 Å². The zero-order valence-corrected chi connectivity index (χ0v) is 12.3. The highest BCUT2D eigenvalue weighted by Gasteiger charge is 2.22. The zero-order valence-electron chi connectivity index (χ0n) is 12.3. The van der Waals surface area contributed by atoms with Gasteiger partial charge >= 0.3 is 0 Å². The number of hydrogen-bond donors (Lipinski definition) is 1. The molecule has 0 atom stereocenters. The monoisotopic (exact) mass is 269 g/mol. The van der Waals surface area contributed by atoms with Crippen LogP contribution in [0.15, 0.2) is 36.4 Å². The third-order valence-corrected chi connectivity index (χ3v) is 3.06. The van der Waals surface area contributed by atoms with Crippen LogP contribution in [-0.2, 0) is 0 Å². The lowest BCUT2D eigenvalue weighted by molar-refractivity contribution is 0.102. The molecule has 3 rings (SSSR count). The lowest BCUT2D eigenvalue weighted by Crippen LogP contribution is -2.11. The summed E-state index contributed by atoms with van der Waals surface area (Å²) in [6.45, 7) is 7.89. The van der Waals surface area contributed by atoms with Gasteiger partial charge in [0.1, 0.15) is 5.75 Å². The van der Waals surface area contributed by atoms with Crippen LogP contribution < -0.4 is 10.1 Å². The molecule has 0 aromatic heterocycles. The molecule has 0 fully saturated rings. The van der Waals surface area contributed by atoms with E-state index in [1.165, 1.54) is 0 Å². The van der Waals surface area contributed by atoms with Crippen LogP contribution in [0.3, 0.4) is 0 Å². The van der Waals surface area contributed by atoms with Gasteiger partial charge in [0.15, 0.2) is 5.75 Å². The first-order valence-electron chi connectivity index (χ1n) is 6.84. The van der Waals surface area contributed by atoms with Gasteiger partial charge in [0.05, 0.1) is 11.3 Å². The van der Waals surface area contributed by atoms with Gasteiger partial charge in [-0.05, 0) is 43.2 Å². The molecular formula is C17H19NO2. The first-order chi connectivity index (χ1) is 9.65. The number of benzene rings is 2. The topological polar surface area (TPSA) is 38.3 Å². The average molecular weight is 269 g/mol. The van der Waals surface area contributed by atoms with Crippen molar-refractivity contribution in [1.29, 1.82) is 0 Å². The fourth-order valence-corrected chi connectivity index (χ4v) is 2.15. The van der Waals surface area contributed by atoms with E-state index in [9.17, 15) is 4.79 Å². The molecule has 1 amide bonds. The number of hydrogen-bond acceptors (Lipinski definition) is 2. The van der Waals surface area contributed by atoms with Gasteiger partial charge in [0.25, 0.3) is 5.91 Å². The number of fused-ring (bicyclic) bond motifs is 2. The van der Waals surface area contributed by atoms with Crippen LogP contribution in [0.4, 0.5) is 5.69 Å². The number of nitrogens with one attached hydrogen (secondary N) is 1. The molecule has 0 bridgehead atoms. The molecule has 1 heterocycles. The molecule has 0 spiro atoms. The quantitative estimate of drug-likeness (QED) is 0.753. The van der Waals surface area contributed by atoms with Crippen LogP contribution in [0.2, 0.25) is 0 Å². The second-order valence-electron chi connectivity index (χ2n) is 4.50. The molecule has 1 aliphatic heterocycles. The van der Waals surface area contributed by atoms with Gasteiger partial charge in [-0.25, -0.2) is 0 Å². The van der Waals surface area contributed by atoms with E-state index in [0.29, 0.717) is 17.1 Å². The van der Waals surface area contributed by atoms with Crippen molar-refractivity contribution in [2.45, 2.75) is 27.7 Å². The summed E-state index contributed by atoms with van der Waals surface area (Å²) < 4.78 is 5.83. The van der Waals surface area contributed by atoms with Crippen molar-refractivity contribution in [3.8, 4) is 11.5 Å². The minimum atomic E-state index is -0.118. The summed E-state index contributed by atoms with van der Waals surface area (Å²) in [7, 11) is 0. The van der Waals surface area contributed by atoms with Crippen LogP contribution in [-0.4, -0.2) is 5.91 Å². The molecule has 104 valence electrons. The highest BCUT2D eigenvalue weighted by atomic mass is 16.5. The molecule has 20 heavy (non-hydrogen) atoms. The van der Waals surface area contributed by atoms with Gasteiger partial charge < -0.3 is 10.1 Å². The Bertz CT molecular complexity index is 647. The third kappa shape index (κ3) is 2.52. The first-order valence-corrected chi connectivity index (χ1v) is 6.84. The van der Waals surface area contributed by atoms with Gasteiger partial charge in [-0.1, -0.05) is 32.0 Å².